The van der Waals surface area contributed by atoms with Crippen LogP contribution >= 0.6 is 0 Å². The molecule has 0 radical (unpaired) electrons. The summed E-state index contributed by atoms with van der Waals surface area (Å²) in [5.41, 5.74) is 5.85. The number of hydrazine groups is 2. The van der Waals surface area contributed by atoms with Gasteiger partial charge in [-0.1, -0.05) is 0 Å². The zero-order chi connectivity index (χ0) is 9.97. The van der Waals surface area contributed by atoms with Gasteiger partial charge in [-0.2, -0.15) is 0 Å². The van der Waals surface area contributed by atoms with Crippen molar-refractivity contribution in [2.75, 3.05) is 10.9 Å². The van der Waals surface area contributed by atoms with Gasteiger partial charge >= 0.3 is 0 Å². The fourth-order valence-electron chi connectivity index (χ4n) is 1.09. The second kappa shape index (κ2) is 3.36. The number of fused-ring (bicyclic) bond motifs is 1. The van der Waals surface area contributed by atoms with Crippen molar-refractivity contribution in [2.45, 2.75) is 0 Å². The number of nitrogens with zero attached hydrogens (tertiary/aromatic N) is 4. The van der Waals surface area contributed by atoms with E-state index in [0.29, 0.717) is 22.7 Å². The molecule has 0 aliphatic heterocycles. The molecule has 0 amide bonds. The molecule has 6 N–H and O–H groups in total. The van der Waals surface area contributed by atoms with Crippen LogP contribution in [0, 0.1) is 0 Å². The molecule has 2 aromatic heterocycles. The molecule has 0 aliphatic rings. The van der Waals surface area contributed by atoms with Gasteiger partial charge in [0.05, 0.1) is 0 Å². The van der Waals surface area contributed by atoms with Crippen LogP contribution in [0.4, 0.5) is 11.6 Å². The van der Waals surface area contributed by atoms with Gasteiger partial charge in [0.2, 0.25) is 0 Å². The number of nitrogens with two attached hydrogens (primary N) is 2. The maximum atomic E-state index is 5.26. The average molecular weight is 192 g/mol. The lowest BCUT2D eigenvalue weighted by atomic mass is 10.4. The quantitative estimate of drug-likeness (QED) is 0.352. The van der Waals surface area contributed by atoms with Crippen LogP contribution in [0.1, 0.15) is 0 Å². The smallest absolute Gasteiger partial charge is 0.170 e. The average Bonchev–Trinajstić information content (AvgIpc) is 2.27. The lowest BCUT2D eigenvalue weighted by molar-refractivity contribution is 1.11. The highest BCUT2D eigenvalue weighted by molar-refractivity contribution is 5.91. The Morgan fingerprint density at radius 3 is 1.57 bits per heavy atom. The van der Waals surface area contributed by atoms with Gasteiger partial charge in [0, 0.05) is 0 Å². The van der Waals surface area contributed by atoms with Gasteiger partial charge in [-0.25, -0.2) is 31.6 Å². The number of hydrogen-bond donors (Lipinski definition) is 4. The Bertz CT molecular complexity index is 411. The number of nitrogens with one attached hydrogen (secondary N) is 2. The van der Waals surface area contributed by atoms with Crippen molar-refractivity contribution in [1.82, 2.24) is 19.9 Å². The number of aromatic nitrogens is 4. The summed E-state index contributed by atoms with van der Waals surface area (Å²) in [5.74, 6) is 11.4. The van der Waals surface area contributed by atoms with E-state index in [9.17, 15) is 0 Å². The van der Waals surface area contributed by atoms with Crippen molar-refractivity contribution in [1.29, 1.82) is 0 Å². The van der Waals surface area contributed by atoms with E-state index >= 15 is 0 Å². The highest BCUT2D eigenvalue weighted by Crippen LogP contribution is 2.19. The van der Waals surface area contributed by atoms with E-state index in [1.54, 1.807) is 0 Å². The minimum atomic E-state index is 0.425. The monoisotopic (exact) mass is 192 g/mol. The van der Waals surface area contributed by atoms with E-state index in [2.05, 4.69) is 30.8 Å². The van der Waals surface area contributed by atoms with E-state index in [-0.39, 0.29) is 0 Å². The summed E-state index contributed by atoms with van der Waals surface area (Å²) in [6.07, 6.45) is 2.70. The fourth-order valence-corrected chi connectivity index (χ4v) is 1.09. The van der Waals surface area contributed by atoms with Crippen LogP contribution < -0.4 is 22.5 Å². The SMILES string of the molecule is NNc1ncnc2c(NN)ncnc12. The summed E-state index contributed by atoms with van der Waals surface area (Å²) in [6.45, 7) is 0. The summed E-state index contributed by atoms with van der Waals surface area (Å²) in [6, 6.07) is 0. The topological polar surface area (TPSA) is 128 Å². The zero-order valence-corrected chi connectivity index (χ0v) is 7.10. The zero-order valence-electron chi connectivity index (χ0n) is 7.10. The predicted molar refractivity (Wildman–Crippen MR) is 50.7 cm³/mol. The van der Waals surface area contributed by atoms with Crippen molar-refractivity contribution in [3.05, 3.63) is 12.7 Å². The minimum Gasteiger partial charge on any atom is -0.307 e. The fraction of sp³-hybridized carbons (Fsp3) is 0. The number of rotatable bonds is 2. The van der Waals surface area contributed by atoms with Crippen LogP contribution in [0.5, 0.6) is 0 Å². The van der Waals surface area contributed by atoms with Crippen LogP contribution in [0.2, 0.25) is 0 Å². The van der Waals surface area contributed by atoms with Gasteiger partial charge in [-0.3, -0.25) is 0 Å². The van der Waals surface area contributed by atoms with Crippen LogP contribution in [0.15, 0.2) is 12.7 Å². The molecule has 0 saturated carbocycles. The molecular weight excluding hydrogens is 184 g/mol. The molecule has 8 nitrogen and oxygen atoms in total. The molecule has 2 heterocycles. The molecule has 0 unspecified atom stereocenters. The van der Waals surface area contributed by atoms with E-state index in [4.69, 9.17) is 11.7 Å². The molecule has 2 aromatic rings. The van der Waals surface area contributed by atoms with Gasteiger partial charge in [0.25, 0.3) is 0 Å². The molecule has 14 heavy (non-hydrogen) atoms. The molecule has 8 heteroatoms. The standard InChI is InChI=1S/C6H8N8/c7-13-5-4-3(9-1-11-5)6(14-8)12-2-10-4/h1-2H,7-8H2,(H,9,11,13)(H,10,12,14). The highest BCUT2D eigenvalue weighted by Gasteiger charge is 2.07. The van der Waals surface area contributed by atoms with Crippen LogP contribution in [-0.4, -0.2) is 19.9 Å². The van der Waals surface area contributed by atoms with E-state index < -0.39 is 0 Å². The molecule has 0 spiro atoms. The molecule has 72 valence electrons. The van der Waals surface area contributed by atoms with Gasteiger partial charge in [-0.05, 0) is 0 Å². The van der Waals surface area contributed by atoms with Crippen molar-refractivity contribution in [3.63, 3.8) is 0 Å². The second-order valence-electron chi connectivity index (χ2n) is 2.43. The molecule has 0 saturated heterocycles. The third kappa shape index (κ3) is 1.18. The summed E-state index contributed by atoms with van der Waals surface area (Å²) >= 11 is 0. The third-order valence-corrected chi connectivity index (χ3v) is 1.69. The highest BCUT2D eigenvalue weighted by atomic mass is 15.3. The van der Waals surface area contributed by atoms with Gasteiger partial charge in [0.1, 0.15) is 23.7 Å². The Hall–Kier alpha value is -2.06. The predicted octanol–water partition coefficient (Wildman–Crippen LogP) is -1.01. The Balaban J connectivity index is 2.77. The van der Waals surface area contributed by atoms with Gasteiger partial charge < -0.3 is 10.9 Å². The van der Waals surface area contributed by atoms with Crippen molar-refractivity contribution in [2.24, 2.45) is 11.7 Å². The first-order valence-corrected chi connectivity index (χ1v) is 3.75. The Morgan fingerprint density at radius 2 is 1.21 bits per heavy atom. The first-order valence-electron chi connectivity index (χ1n) is 3.75. The third-order valence-electron chi connectivity index (χ3n) is 1.69. The molecule has 0 bridgehead atoms. The summed E-state index contributed by atoms with van der Waals surface area (Å²) < 4.78 is 0. The first kappa shape index (κ1) is 8.53. The van der Waals surface area contributed by atoms with Crippen LogP contribution in [0.25, 0.3) is 11.0 Å². The van der Waals surface area contributed by atoms with E-state index in [0.717, 1.165) is 0 Å². The largest absolute Gasteiger partial charge is 0.307 e. The maximum Gasteiger partial charge on any atom is 0.170 e. The van der Waals surface area contributed by atoms with Crippen molar-refractivity contribution < 1.29 is 0 Å². The summed E-state index contributed by atoms with van der Waals surface area (Å²) in [4.78, 5) is 15.8. The number of hydrogen-bond acceptors (Lipinski definition) is 8. The van der Waals surface area contributed by atoms with Crippen molar-refractivity contribution >= 4 is 22.7 Å². The minimum absolute atomic E-state index is 0.425. The van der Waals surface area contributed by atoms with Crippen LogP contribution in [0.3, 0.4) is 0 Å². The molecule has 2 rings (SSSR count). The first-order chi connectivity index (χ1) is 6.86. The Kier molecular flexibility index (Phi) is 2.05. The maximum absolute atomic E-state index is 5.26. The second-order valence-corrected chi connectivity index (χ2v) is 2.43. The molecular formula is C6H8N8. The summed E-state index contributed by atoms with van der Waals surface area (Å²) in [7, 11) is 0. The van der Waals surface area contributed by atoms with Gasteiger partial charge in [0.15, 0.2) is 11.6 Å². The molecule has 0 aliphatic carbocycles. The Morgan fingerprint density at radius 1 is 0.786 bits per heavy atom. The number of anilines is 2. The molecule has 0 atom stereocenters. The Labute approximate surface area is 78.7 Å². The molecule has 0 fully saturated rings. The van der Waals surface area contributed by atoms with E-state index in [1.807, 2.05) is 0 Å². The summed E-state index contributed by atoms with van der Waals surface area (Å²) in [5, 5.41) is 0. The van der Waals surface area contributed by atoms with Crippen molar-refractivity contribution in [3.8, 4) is 0 Å². The van der Waals surface area contributed by atoms with Crippen LogP contribution in [-0.2, 0) is 0 Å². The lowest BCUT2D eigenvalue weighted by Gasteiger charge is -2.04. The molecule has 0 aromatic carbocycles. The normalized spacial score (nSPS) is 10.1. The van der Waals surface area contributed by atoms with Gasteiger partial charge in [-0.15, -0.1) is 0 Å². The lowest BCUT2D eigenvalue weighted by Crippen LogP contribution is -2.13. The number of nitrogen functional groups attached to an aromatic ring is 2. The van der Waals surface area contributed by atoms with E-state index in [1.165, 1.54) is 12.7 Å².